The quantitative estimate of drug-likeness (QED) is 0.945. The molecule has 0 saturated carbocycles. The Bertz CT molecular complexity index is 688. The van der Waals surface area contributed by atoms with E-state index in [2.05, 4.69) is 16.8 Å². The average Bonchev–Trinajstić information content (AvgIpc) is 2.80. The molecule has 0 unspecified atom stereocenters. The number of anilines is 1. The van der Waals surface area contributed by atoms with E-state index in [1.165, 1.54) is 0 Å². The fourth-order valence-electron chi connectivity index (χ4n) is 3.14. The van der Waals surface area contributed by atoms with E-state index in [9.17, 15) is 4.79 Å². The summed E-state index contributed by atoms with van der Waals surface area (Å²) in [4.78, 5) is 18.4. The fourth-order valence-corrected chi connectivity index (χ4v) is 3.14. The number of primary amides is 1. The van der Waals surface area contributed by atoms with E-state index >= 15 is 0 Å². The van der Waals surface area contributed by atoms with Crippen LogP contribution >= 0.6 is 0 Å². The van der Waals surface area contributed by atoms with Crippen LogP contribution in [-0.2, 0) is 11.3 Å². The fraction of sp³-hybridized carbons (Fsp3) is 0.412. The Kier molecular flexibility index (Phi) is 3.64. The van der Waals surface area contributed by atoms with Crippen LogP contribution in [0.4, 0.5) is 5.69 Å². The minimum Gasteiger partial charge on any atom is -0.444 e. The third kappa shape index (κ3) is 2.47. The summed E-state index contributed by atoms with van der Waals surface area (Å²) in [5.41, 5.74) is 8.53. The normalized spacial score (nSPS) is 20.8. The maximum absolute atomic E-state index is 11.7. The maximum Gasteiger partial charge on any atom is 0.225 e. The van der Waals surface area contributed by atoms with E-state index in [1.807, 2.05) is 38.1 Å². The monoisotopic (exact) mass is 299 g/mol. The number of hydrogen-bond acceptors (Lipinski definition) is 4. The zero-order valence-electron chi connectivity index (χ0n) is 13.2. The lowest BCUT2D eigenvalue weighted by Gasteiger charge is -2.39. The van der Waals surface area contributed by atoms with Crippen LogP contribution in [0.1, 0.15) is 42.2 Å². The van der Waals surface area contributed by atoms with E-state index in [0.29, 0.717) is 18.9 Å². The largest absolute Gasteiger partial charge is 0.444 e. The summed E-state index contributed by atoms with van der Waals surface area (Å²) in [7, 11) is 0. The minimum atomic E-state index is -0.262. The number of nitrogens with two attached hydrogens (primary N) is 1. The number of rotatable bonds is 3. The van der Waals surface area contributed by atoms with Gasteiger partial charge in [0.25, 0.3) is 0 Å². The van der Waals surface area contributed by atoms with Gasteiger partial charge in [-0.25, -0.2) is 4.98 Å². The van der Waals surface area contributed by atoms with Gasteiger partial charge in [0, 0.05) is 11.7 Å². The number of aryl methyl sites for hydroxylation is 2. The van der Waals surface area contributed by atoms with Crippen LogP contribution in [0.2, 0.25) is 0 Å². The highest BCUT2D eigenvalue weighted by molar-refractivity contribution is 5.85. The first kappa shape index (κ1) is 14.6. The molecule has 1 amide bonds. The molecule has 2 heterocycles. The molecule has 5 nitrogen and oxygen atoms in total. The summed E-state index contributed by atoms with van der Waals surface area (Å²) >= 11 is 0. The lowest BCUT2D eigenvalue weighted by atomic mass is 9.85. The summed E-state index contributed by atoms with van der Waals surface area (Å²) in [6.45, 7) is 6.56. The molecule has 2 aromatic rings. The van der Waals surface area contributed by atoms with Crippen LogP contribution in [-0.4, -0.2) is 16.9 Å². The van der Waals surface area contributed by atoms with Gasteiger partial charge in [0.05, 0.1) is 18.2 Å². The van der Waals surface area contributed by atoms with Crippen molar-refractivity contribution >= 4 is 11.6 Å². The van der Waals surface area contributed by atoms with Crippen molar-refractivity contribution in [2.75, 3.05) is 4.90 Å². The molecule has 116 valence electrons. The molecule has 2 N–H and O–H groups in total. The van der Waals surface area contributed by atoms with E-state index in [4.69, 9.17) is 10.2 Å². The SMILES string of the molecule is Cc1nc(CN2c3ccccc3[C@@H](C(N)=O)C[C@H]2C)oc1C. The highest BCUT2D eigenvalue weighted by atomic mass is 16.4. The molecule has 1 aromatic carbocycles. The molecule has 3 rings (SSSR count). The zero-order valence-corrected chi connectivity index (χ0v) is 13.2. The van der Waals surface area contributed by atoms with Crippen molar-refractivity contribution in [3.05, 3.63) is 47.2 Å². The van der Waals surface area contributed by atoms with Crippen LogP contribution < -0.4 is 10.6 Å². The van der Waals surface area contributed by atoms with Crippen molar-refractivity contribution < 1.29 is 9.21 Å². The highest BCUT2D eigenvalue weighted by Crippen LogP contribution is 2.38. The average molecular weight is 299 g/mol. The molecule has 1 aliphatic heterocycles. The molecule has 0 spiro atoms. The Morgan fingerprint density at radius 3 is 2.77 bits per heavy atom. The number of carbonyl (C=O) groups is 1. The van der Waals surface area contributed by atoms with E-state index in [1.54, 1.807) is 0 Å². The van der Waals surface area contributed by atoms with Gasteiger partial charge in [0.15, 0.2) is 0 Å². The summed E-state index contributed by atoms with van der Waals surface area (Å²) in [5.74, 6) is 1.06. The first-order chi connectivity index (χ1) is 10.5. The molecule has 0 fully saturated rings. The molecule has 0 aliphatic carbocycles. The molecule has 1 aromatic heterocycles. The molecular formula is C17H21N3O2. The second-order valence-corrected chi connectivity index (χ2v) is 5.98. The van der Waals surface area contributed by atoms with Crippen LogP contribution in [0, 0.1) is 13.8 Å². The van der Waals surface area contributed by atoms with Crippen molar-refractivity contribution in [1.82, 2.24) is 4.98 Å². The second-order valence-electron chi connectivity index (χ2n) is 5.98. The van der Waals surface area contributed by atoms with Crippen LogP contribution in [0.5, 0.6) is 0 Å². The zero-order chi connectivity index (χ0) is 15.9. The predicted octanol–water partition coefficient (Wildman–Crippen LogP) is 2.66. The molecular weight excluding hydrogens is 278 g/mol. The number of hydrogen-bond donors (Lipinski definition) is 1. The maximum atomic E-state index is 11.7. The van der Waals surface area contributed by atoms with Crippen molar-refractivity contribution in [1.29, 1.82) is 0 Å². The molecule has 1 aliphatic rings. The number of benzene rings is 1. The summed E-state index contributed by atoms with van der Waals surface area (Å²) < 4.78 is 5.71. The van der Waals surface area contributed by atoms with Gasteiger partial charge in [-0.3, -0.25) is 4.79 Å². The summed E-state index contributed by atoms with van der Waals surface area (Å²) in [5, 5.41) is 0. The third-order valence-electron chi connectivity index (χ3n) is 4.45. The van der Waals surface area contributed by atoms with Gasteiger partial charge >= 0.3 is 0 Å². The van der Waals surface area contributed by atoms with E-state index in [0.717, 1.165) is 22.7 Å². The second kappa shape index (κ2) is 5.48. The summed E-state index contributed by atoms with van der Waals surface area (Å²) in [6, 6.07) is 8.13. The van der Waals surface area contributed by atoms with Crippen LogP contribution in [0.25, 0.3) is 0 Å². The Balaban J connectivity index is 1.97. The minimum absolute atomic E-state index is 0.194. The number of nitrogens with zero attached hydrogens (tertiary/aromatic N) is 2. The smallest absolute Gasteiger partial charge is 0.225 e. The summed E-state index contributed by atoms with van der Waals surface area (Å²) in [6.07, 6.45) is 0.713. The molecule has 22 heavy (non-hydrogen) atoms. The number of oxazole rings is 1. The third-order valence-corrected chi connectivity index (χ3v) is 4.45. The number of amides is 1. The van der Waals surface area contributed by atoms with Gasteiger partial charge in [0.1, 0.15) is 5.76 Å². The van der Waals surface area contributed by atoms with Gasteiger partial charge in [-0.05, 0) is 38.8 Å². The molecule has 0 bridgehead atoms. The van der Waals surface area contributed by atoms with E-state index in [-0.39, 0.29) is 17.9 Å². The predicted molar refractivity (Wildman–Crippen MR) is 84.6 cm³/mol. The Hall–Kier alpha value is -2.30. The lowest BCUT2D eigenvalue weighted by molar-refractivity contribution is -0.119. The van der Waals surface area contributed by atoms with Gasteiger partial charge in [-0.1, -0.05) is 18.2 Å². The molecule has 5 heteroatoms. The molecule has 0 saturated heterocycles. The first-order valence-corrected chi connectivity index (χ1v) is 7.55. The Morgan fingerprint density at radius 2 is 2.14 bits per heavy atom. The van der Waals surface area contributed by atoms with Gasteiger partial charge in [-0.15, -0.1) is 0 Å². The van der Waals surface area contributed by atoms with E-state index < -0.39 is 0 Å². The number of aromatic nitrogens is 1. The van der Waals surface area contributed by atoms with Crippen LogP contribution in [0.3, 0.4) is 0 Å². The van der Waals surface area contributed by atoms with Gasteiger partial charge < -0.3 is 15.1 Å². The number of fused-ring (bicyclic) bond motifs is 1. The van der Waals surface area contributed by atoms with Gasteiger partial charge in [0.2, 0.25) is 11.8 Å². The number of para-hydroxylation sites is 1. The molecule has 0 radical (unpaired) electrons. The van der Waals surface area contributed by atoms with Crippen molar-refractivity contribution in [3.8, 4) is 0 Å². The van der Waals surface area contributed by atoms with Crippen molar-refractivity contribution in [2.45, 2.75) is 45.7 Å². The van der Waals surface area contributed by atoms with Crippen molar-refractivity contribution in [3.63, 3.8) is 0 Å². The topological polar surface area (TPSA) is 72.4 Å². The number of carbonyl (C=O) groups excluding carboxylic acids is 1. The standard InChI is InChI=1S/C17H21N3O2/c1-10-8-14(17(18)21)13-6-4-5-7-15(13)20(10)9-16-19-11(2)12(3)22-16/h4-7,10,14H,8-9H2,1-3H3,(H2,18,21)/t10-,14+/m1/s1. The highest BCUT2D eigenvalue weighted by Gasteiger charge is 2.33. The molecule has 2 atom stereocenters. The first-order valence-electron chi connectivity index (χ1n) is 7.55. The van der Waals surface area contributed by atoms with Gasteiger partial charge in [-0.2, -0.15) is 0 Å². The Morgan fingerprint density at radius 1 is 1.41 bits per heavy atom. The lowest BCUT2D eigenvalue weighted by Crippen LogP contribution is -2.41. The van der Waals surface area contributed by atoms with Crippen molar-refractivity contribution in [2.24, 2.45) is 5.73 Å². The Labute approximate surface area is 130 Å². The van der Waals surface area contributed by atoms with Crippen LogP contribution in [0.15, 0.2) is 28.7 Å².